The number of hydrogen-bond donors (Lipinski definition) is 3. The van der Waals surface area contributed by atoms with E-state index in [1.54, 1.807) is 12.1 Å². The lowest BCUT2D eigenvalue weighted by atomic mass is 9.66. The highest BCUT2D eigenvalue weighted by molar-refractivity contribution is 6.30. The van der Waals surface area contributed by atoms with Crippen molar-refractivity contribution in [2.45, 2.75) is 64.5 Å². The van der Waals surface area contributed by atoms with Gasteiger partial charge in [-0.05, 0) is 43.9 Å². The van der Waals surface area contributed by atoms with Crippen LogP contribution < -0.4 is 10.6 Å². The highest BCUT2D eigenvalue weighted by Gasteiger charge is 2.50. The summed E-state index contributed by atoms with van der Waals surface area (Å²) in [4.78, 5) is 27.4. The van der Waals surface area contributed by atoms with Gasteiger partial charge in [-0.3, -0.25) is 4.79 Å². The predicted octanol–water partition coefficient (Wildman–Crippen LogP) is 3.66. The zero-order chi connectivity index (χ0) is 21.9. The molecule has 2 aliphatic rings. The van der Waals surface area contributed by atoms with Gasteiger partial charge in [-0.1, -0.05) is 50.4 Å². The first-order chi connectivity index (χ1) is 14.2. The van der Waals surface area contributed by atoms with Gasteiger partial charge in [-0.2, -0.15) is 0 Å². The van der Waals surface area contributed by atoms with Crippen LogP contribution in [0.15, 0.2) is 24.3 Å². The lowest BCUT2D eigenvalue weighted by molar-refractivity contribution is -0.158. The Bertz CT molecular complexity index is 767. The molecule has 3 rings (SSSR count). The summed E-state index contributed by atoms with van der Waals surface area (Å²) in [6, 6.07) is 6.98. The third-order valence-corrected chi connectivity index (χ3v) is 7.07. The van der Waals surface area contributed by atoms with Gasteiger partial charge in [0.05, 0.1) is 11.5 Å². The summed E-state index contributed by atoms with van der Waals surface area (Å²) < 4.78 is 0. The van der Waals surface area contributed by atoms with Gasteiger partial charge in [0, 0.05) is 36.1 Å². The van der Waals surface area contributed by atoms with E-state index in [0.717, 1.165) is 31.2 Å². The number of piperidine rings is 1. The van der Waals surface area contributed by atoms with Crippen LogP contribution in [0.1, 0.15) is 58.4 Å². The van der Waals surface area contributed by atoms with Gasteiger partial charge in [0.25, 0.3) is 0 Å². The Kier molecular flexibility index (Phi) is 6.98. The Balaban J connectivity index is 1.73. The number of urea groups is 1. The van der Waals surface area contributed by atoms with Crippen LogP contribution in [0.25, 0.3) is 0 Å². The topological polar surface area (TPSA) is 81.7 Å². The zero-order valence-corrected chi connectivity index (χ0v) is 19.0. The SMILES string of the molecule is CCNC(=O)N[C@@H]1CCCC[C@@H]1C(=O)N1CC[C@](O)(c2ccc(Cl)cc2)C(C)(C)C1. The molecule has 3 N–H and O–H groups in total. The number of hydrogen-bond acceptors (Lipinski definition) is 3. The first kappa shape index (κ1) is 22.9. The molecule has 2 fully saturated rings. The van der Waals surface area contributed by atoms with Crippen LogP contribution in [0.2, 0.25) is 5.02 Å². The molecular weight excluding hydrogens is 402 g/mol. The second-order valence-electron chi connectivity index (χ2n) is 9.26. The normalized spacial score (nSPS) is 28.6. The number of carbonyl (C=O) groups excluding carboxylic acids is 2. The van der Waals surface area contributed by atoms with Crippen LogP contribution >= 0.6 is 11.6 Å². The lowest BCUT2D eigenvalue weighted by Crippen LogP contribution is -2.59. The predicted molar refractivity (Wildman–Crippen MR) is 118 cm³/mol. The molecule has 3 atom stereocenters. The highest BCUT2D eigenvalue weighted by Crippen LogP contribution is 2.46. The summed E-state index contributed by atoms with van der Waals surface area (Å²) in [5.41, 5.74) is -0.719. The number of aliphatic hydroxyl groups is 1. The Morgan fingerprint density at radius 2 is 1.87 bits per heavy atom. The van der Waals surface area contributed by atoms with E-state index in [4.69, 9.17) is 11.6 Å². The van der Waals surface area contributed by atoms with E-state index in [0.29, 0.717) is 31.1 Å². The standard InChI is InChI=1S/C23H34ClN3O3/c1-4-25-21(29)26-19-8-6-5-7-18(19)20(28)27-14-13-23(30,22(2,3)15-27)16-9-11-17(24)12-10-16/h9-12,18-19,30H,4-8,13-15H2,1-3H3,(H2,25,26,29)/t18-,19+,23-/m0/s1. The van der Waals surface area contributed by atoms with Crippen LogP contribution in [0, 0.1) is 11.3 Å². The van der Waals surface area contributed by atoms with Gasteiger partial charge >= 0.3 is 6.03 Å². The van der Waals surface area contributed by atoms with Gasteiger partial charge in [0.1, 0.15) is 0 Å². The molecule has 30 heavy (non-hydrogen) atoms. The van der Waals surface area contributed by atoms with Gasteiger partial charge in [0.15, 0.2) is 0 Å². The van der Waals surface area contributed by atoms with Crippen molar-refractivity contribution in [1.82, 2.24) is 15.5 Å². The number of carbonyl (C=O) groups is 2. The Morgan fingerprint density at radius 3 is 2.50 bits per heavy atom. The fraction of sp³-hybridized carbons (Fsp3) is 0.652. The molecule has 3 amide bonds. The Labute approximate surface area is 184 Å². The molecule has 1 aromatic rings. The minimum Gasteiger partial charge on any atom is -0.384 e. The molecule has 1 saturated heterocycles. The smallest absolute Gasteiger partial charge is 0.315 e. The first-order valence-electron chi connectivity index (χ1n) is 11.0. The maximum atomic E-state index is 13.4. The summed E-state index contributed by atoms with van der Waals surface area (Å²) in [6.07, 6.45) is 4.08. The van der Waals surface area contributed by atoms with E-state index in [9.17, 15) is 14.7 Å². The van der Waals surface area contributed by atoms with E-state index >= 15 is 0 Å². The van der Waals surface area contributed by atoms with E-state index in [2.05, 4.69) is 10.6 Å². The van der Waals surface area contributed by atoms with Crippen molar-refractivity contribution in [3.8, 4) is 0 Å². The van der Waals surface area contributed by atoms with Crippen LogP contribution in [-0.4, -0.2) is 47.6 Å². The molecular formula is C23H34ClN3O3. The van der Waals surface area contributed by atoms with Crippen LogP contribution in [0.5, 0.6) is 0 Å². The van der Waals surface area contributed by atoms with Crippen molar-refractivity contribution in [2.75, 3.05) is 19.6 Å². The van der Waals surface area contributed by atoms with Crippen molar-refractivity contribution in [1.29, 1.82) is 0 Å². The number of benzene rings is 1. The summed E-state index contributed by atoms with van der Waals surface area (Å²) in [6.45, 7) is 7.40. The van der Waals surface area contributed by atoms with Crippen LogP contribution in [0.3, 0.4) is 0 Å². The molecule has 1 aliphatic heterocycles. The first-order valence-corrected chi connectivity index (χ1v) is 11.4. The number of nitrogens with zero attached hydrogens (tertiary/aromatic N) is 1. The van der Waals surface area contributed by atoms with Crippen molar-refractivity contribution < 1.29 is 14.7 Å². The number of halogens is 1. The second-order valence-corrected chi connectivity index (χ2v) is 9.70. The minimum atomic E-state index is -1.03. The zero-order valence-electron chi connectivity index (χ0n) is 18.2. The average molecular weight is 436 g/mol. The molecule has 7 heteroatoms. The minimum absolute atomic E-state index is 0.0859. The largest absolute Gasteiger partial charge is 0.384 e. The molecule has 0 spiro atoms. The summed E-state index contributed by atoms with van der Waals surface area (Å²) in [5, 5.41) is 17.9. The monoisotopic (exact) mass is 435 g/mol. The molecule has 1 aromatic carbocycles. The van der Waals surface area contributed by atoms with E-state index in [-0.39, 0.29) is 23.9 Å². The van der Waals surface area contributed by atoms with Crippen molar-refractivity contribution in [3.05, 3.63) is 34.9 Å². The summed E-state index contributed by atoms with van der Waals surface area (Å²) in [5.74, 6) is -0.124. The summed E-state index contributed by atoms with van der Waals surface area (Å²) in [7, 11) is 0. The fourth-order valence-corrected chi connectivity index (χ4v) is 5.11. The van der Waals surface area contributed by atoms with Crippen LogP contribution in [0.4, 0.5) is 4.79 Å². The lowest BCUT2D eigenvalue weighted by Gasteiger charge is -2.51. The van der Waals surface area contributed by atoms with Gasteiger partial charge < -0.3 is 20.6 Å². The molecule has 0 radical (unpaired) electrons. The molecule has 1 heterocycles. The number of nitrogens with one attached hydrogen (secondary N) is 2. The molecule has 1 aliphatic carbocycles. The van der Waals surface area contributed by atoms with Crippen molar-refractivity contribution in [2.24, 2.45) is 11.3 Å². The molecule has 1 saturated carbocycles. The van der Waals surface area contributed by atoms with Gasteiger partial charge in [0.2, 0.25) is 5.91 Å². The van der Waals surface area contributed by atoms with Crippen molar-refractivity contribution >= 4 is 23.5 Å². The fourth-order valence-electron chi connectivity index (χ4n) is 4.98. The second kappa shape index (κ2) is 9.15. The average Bonchev–Trinajstić information content (AvgIpc) is 2.70. The molecule has 0 bridgehead atoms. The third-order valence-electron chi connectivity index (χ3n) is 6.82. The molecule has 166 valence electrons. The third kappa shape index (κ3) is 4.59. The maximum absolute atomic E-state index is 13.4. The van der Waals surface area contributed by atoms with Crippen LogP contribution in [-0.2, 0) is 10.4 Å². The van der Waals surface area contributed by atoms with E-state index in [1.807, 2.05) is 37.8 Å². The molecule has 0 aromatic heterocycles. The van der Waals surface area contributed by atoms with Crippen molar-refractivity contribution in [3.63, 3.8) is 0 Å². The maximum Gasteiger partial charge on any atom is 0.315 e. The number of likely N-dealkylation sites (tertiary alicyclic amines) is 1. The Morgan fingerprint density at radius 1 is 1.20 bits per heavy atom. The van der Waals surface area contributed by atoms with Gasteiger partial charge in [-0.15, -0.1) is 0 Å². The van der Waals surface area contributed by atoms with E-state index < -0.39 is 11.0 Å². The van der Waals surface area contributed by atoms with Gasteiger partial charge in [-0.25, -0.2) is 4.79 Å². The number of amides is 3. The number of rotatable bonds is 4. The highest BCUT2D eigenvalue weighted by atomic mass is 35.5. The molecule has 0 unspecified atom stereocenters. The summed E-state index contributed by atoms with van der Waals surface area (Å²) >= 11 is 6.02. The quantitative estimate of drug-likeness (QED) is 0.674. The Hall–Kier alpha value is -1.79. The van der Waals surface area contributed by atoms with E-state index in [1.165, 1.54) is 0 Å². The molecule has 6 nitrogen and oxygen atoms in total.